The highest BCUT2D eigenvalue weighted by Crippen LogP contribution is 2.28. The van der Waals surface area contributed by atoms with Crippen molar-refractivity contribution in [3.8, 4) is 0 Å². The number of nitrogens with zero attached hydrogens (tertiary/aromatic N) is 2. The van der Waals surface area contributed by atoms with E-state index < -0.39 is 5.38 Å². The highest BCUT2D eigenvalue weighted by Gasteiger charge is 2.24. The zero-order valence-corrected chi connectivity index (χ0v) is 14.1. The second-order valence-corrected chi connectivity index (χ2v) is 8.18. The van der Waals surface area contributed by atoms with Gasteiger partial charge in [-0.25, -0.2) is 4.40 Å². The number of amides is 1. The minimum Gasteiger partial charge on any atom is -0.305 e. The van der Waals surface area contributed by atoms with Crippen molar-refractivity contribution in [3.63, 3.8) is 0 Å². The van der Waals surface area contributed by atoms with Crippen molar-refractivity contribution in [1.29, 1.82) is 0 Å². The van der Waals surface area contributed by atoms with Crippen molar-refractivity contribution < 1.29 is 4.79 Å². The molecular weight excluding hydrogens is 312 g/mol. The summed E-state index contributed by atoms with van der Waals surface area (Å²) in [7, 11) is 0.00963. The molecule has 6 heteroatoms. The average Bonchev–Trinajstić information content (AvgIpc) is 2.81. The maximum Gasteiger partial charge on any atom is 0.245 e. The van der Waals surface area contributed by atoms with Crippen molar-refractivity contribution in [2.24, 2.45) is 4.40 Å². The van der Waals surface area contributed by atoms with Gasteiger partial charge in [-0.3, -0.25) is 4.79 Å². The molecule has 0 saturated heterocycles. The van der Waals surface area contributed by atoms with E-state index in [1.807, 2.05) is 36.7 Å². The molecule has 0 aromatic heterocycles. The van der Waals surface area contributed by atoms with Gasteiger partial charge in [-0.15, -0.1) is 22.1 Å². The Morgan fingerprint density at radius 1 is 1.50 bits per heavy atom. The van der Waals surface area contributed by atoms with Gasteiger partial charge in [-0.05, 0) is 31.7 Å². The minimum atomic E-state index is -0.541. The Labute approximate surface area is 131 Å². The van der Waals surface area contributed by atoms with Crippen LogP contribution in [0.4, 0.5) is 5.69 Å². The molecule has 0 aliphatic carbocycles. The molecule has 1 aliphatic heterocycles. The number of rotatable bonds is 4. The first-order valence-corrected chi connectivity index (χ1v) is 9.13. The van der Waals surface area contributed by atoms with E-state index in [0.29, 0.717) is 6.54 Å². The Bertz CT molecular complexity index is 584. The van der Waals surface area contributed by atoms with E-state index in [1.54, 1.807) is 11.8 Å². The number of anilines is 1. The summed E-state index contributed by atoms with van der Waals surface area (Å²) in [4.78, 5) is 14.2. The zero-order valence-electron chi connectivity index (χ0n) is 11.7. The SMILES string of the molecule is Cc1ccccc1N(CC1=S(C)C=NS1)C(=O)C(C)Cl. The average molecular weight is 329 g/mol. The van der Waals surface area contributed by atoms with Gasteiger partial charge < -0.3 is 4.90 Å². The van der Waals surface area contributed by atoms with Crippen molar-refractivity contribution in [2.75, 3.05) is 17.7 Å². The van der Waals surface area contributed by atoms with Gasteiger partial charge in [0.2, 0.25) is 5.91 Å². The normalized spacial score (nSPS) is 19.2. The van der Waals surface area contributed by atoms with Crippen LogP contribution in [0.5, 0.6) is 0 Å². The fraction of sp³-hybridized carbons (Fsp3) is 0.357. The first-order valence-electron chi connectivity index (χ1n) is 6.23. The number of hydrogen-bond acceptors (Lipinski definition) is 3. The molecule has 2 rings (SSSR count). The van der Waals surface area contributed by atoms with Crippen LogP contribution in [-0.4, -0.2) is 33.8 Å². The van der Waals surface area contributed by atoms with Gasteiger partial charge in [0.15, 0.2) is 0 Å². The molecule has 0 bridgehead atoms. The molecule has 0 radical (unpaired) electrons. The molecule has 1 aromatic rings. The van der Waals surface area contributed by atoms with E-state index in [-0.39, 0.29) is 16.4 Å². The van der Waals surface area contributed by atoms with Gasteiger partial charge in [0, 0.05) is 17.6 Å². The summed E-state index contributed by atoms with van der Waals surface area (Å²) in [5.41, 5.74) is 3.92. The van der Waals surface area contributed by atoms with E-state index in [1.165, 1.54) is 16.1 Å². The number of para-hydroxylation sites is 1. The maximum atomic E-state index is 12.4. The number of alkyl halides is 1. The van der Waals surface area contributed by atoms with Gasteiger partial charge in [-0.1, -0.05) is 18.2 Å². The predicted octanol–water partition coefficient (Wildman–Crippen LogP) is 3.67. The van der Waals surface area contributed by atoms with Gasteiger partial charge >= 0.3 is 0 Å². The third-order valence-corrected chi connectivity index (χ3v) is 6.16. The van der Waals surface area contributed by atoms with Gasteiger partial charge in [0.1, 0.15) is 5.38 Å². The van der Waals surface area contributed by atoms with Gasteiger partial charge in [0.05, 0.1) is 16.3 Å². The Hall–Kier alpha value is -0.780. The number of aryl methyl sites for hydroxylation is 1. The van der Waals surface area contributed by atoms with E-state index >= 15 is 0 Å². The lowest BCUT2D eigenvalue weighted by atomic mass is 10.1. The summed E-state index contributed by atoms with van der Waals surface area (Å²) in [6, 6.07) is 7.87. The second-order valence-electron chi connectivity index (χ2n) is 4.56. The van der Waals surface area contributed by atoms with Crippen LogP contribution in [0.25, 0.3) is 0 Å². The Kier molecular flexibility index (Phi) is 5.29. The Balaban J connectivity index is 2.33. The van der Waals surface area contributed by atoms with Crippen LogP contribution in [-0.2, 0) is 4.79 Å². The highest BCUT2D eigenvalue weighted by molar-refractivity contribution is 8.42. The lowest BCUT2D eigenvalue weighted by molar-refractivity contribution is -0.117. The molecule has 2 atom stereocenters. The molecule has 0 saturated carbocycles. The lowest BCUT2D eigenvalue weighted by Crippen LogP contribution is -2.39. The fourth-order valence-electron chi connectivity index (χ4n) is 1.89. The highest BCUT2D eigenvalue weighted by atomic mass is 35.5. The topological polar surface area (TPSA) is 32.7 Å². The number of carbonyl (C=O) groups excluding carboxylic acids is 1. The number of hydrogen-bond donors (Lipinski definition) is 0. The summed E-state index contributed by atoms with van der Waals surface area (Å²) < 4.78 is 5.41. The smallest absolute Gasteiger partial charge is 0.245 e. The van der Waals surface area contributed by atoms with Gasteiger partial charge in [0.25, 0.3) is 0 Å². The predicted molar refractivity (Wildman–Crippen MR) is 93.5 cm³/mol. The first kappa shape index (κ1) is 15.6. The van der Waals surface area contributed by atoms with Gasteiger partial charge in [-0.2, -0.15) is 0 Å². The van der Waals surface area contributed by atoms with E-state index in [9.17, 15) is 4.79 Å². The molecule has 0 spiro atoms. The third kappa shape index (κ3) is 3.45. The largest absolute Gasteiger partial charge is 0.305 e. The lowest BCUT2D eigenvalue weighted by Gasteiger charge is -2.26. The maximum absolute atomic E-state index is 12.4. The first-order chi connectivity index (χ1) is 9.50. The fourth-order valence-corrected chi connectivity index (χ4v) is 4.17. The minimum absolute atomic E-state index is 0.00963. The van der Waals surface area contributed by atoms with Crippen LogP contribution in [0.3, 0.4) is 0 Å². The van der Waals surface area contributed by atoms with Crippen LogP contribution in [0.2, 0.25) is 0 Å². The Morgan fingerprint density at radius 2 is 2.20 bits per heavy atom. The van der Waals surface area contributed by atoms with Crippen LogP contribution in [0, 0.1) is 6.92 Å². The summed E-state index contributed by atoms with van der Waals surface area (Å²) >= 11 is 7.48. The van der Waals surface area contributed by atoms with E-state index in [2.05, 4.69) is 10.7 Å². The van der Waals surface area contributed by atoms with Crippen molar-refractivity contribution in [2.45, 2.75) is 19.2 Å². The molecule has 3 nitrogen and oxygen atoms in total. The quantitative estimate of drug-likeness (QED) is 0.480. The number of carbonyl (C=O) groups is 1. The molecule has 1 heterocycles. The number of benzene rings is 1. The second kappa shape index (κ2) is 6.78. The molecular formula is C14H17ClN2OS2. The Morgan fingerprint density at radius 3 is 2.75 bits per heavy atom. The standard InChI is InChI=1S/C14H17ClN2OS2/c1-10-6-4-5-7-12(10)17(14(18)11(2)15)8-13-19-16-9-20(13)3/h4-7,9,11H,8H2,1-3H3. The molecule has 0 N–H and O–H groups in total. The molecule has 1 aliphatic rings. The van der Waals surface area contributed by atoms with Crippen LogP contribution in [0.1, 0.15) is 12.5 Å². The molecule has 20 heavy (non-hydrogen) atoms. The summed E-state index contributed by atoms with van der Waals surface area (Å²) in [5, 5.41) is -0.541. The van der Waals surface area contributed by atoms with E-state index in [4.69, 9.17) is 11.6 Å². The number of halogens is 1. The third-order valence-electron chi connectivity index (χ3n) is 3.01. The molecule has 2 unspecified atom stereocenters. The zero-order chi connectivity index (χ0) is 14.7. The summed E-state index contributed by atoms with van der Waals surface area (Å²) in [6.45, 7) is 4.28. The molecule has 1 amide bonds. The summed E-state index contributed by atoms with van der Waals surface area (Å²) in [6.07, 6.45) is 2.11. The van der Waals surface area contributed by atoms with Crippen molar-refractivity contribution >= 4 is 55.4 Å². The molecule has 108 valence electrons. The van der Waals surface area contributed by atoms with Crippen LogP contribution < -0.4 is 4.90 Å². The van der Waals surface area contributed by atoms with Crippen molar-refractivity contribution in [1.82, 2.24) is 0 Å². The molecule has 0 fully saturated rings. The molecule has 1 aromatic carbocycles. The van der Waals surface area contributed by atoms with Crippen molar-refractivity contribution in [3.05, 3.63) is 29.8 Å². The van der Waals surface area contributed by atoms with Crippen LogP contribution in [0.15, 0.2) is 28.7 Å². The van der Waals surface area contributed by atoms with E-state index in [0.717, 1.165) is 11.3 Å². The monoisotopic (exact) mass is 328 g/mol. The van der Waals surface area contributed by atoms with Crippen LogP contribution >= 0.6 is 34.0 Å². The summed E-state index contributed by atoms with van der Waals surface area (Å²) in [5.74, 6) is -0.0713.